The van der Waals surface area contributed by atoms with Gasteiger partial charge in [-0.2, -0.15) is 0 Å². The normalized spacial score (nSPS) is 14.7. The molecule has 0 aromatic heterocycles. The summed E-state index contributed by atoms with van der Waals surface area (Å²) in [5.74, 6) is 0. The van der Waals surface area contributed by atoms with Crippen molar-refractivity contribution in [2.24, 2.45) is 0 Å². The molecule has 19 heavy (non-hydrogen) atoms. The Kier molecular flexibility index (Phi) is 9.28. The summed E-state index contributed by atoms with van der Waals surface area (Å²) < 4.78 is 33.2. The third-order valence-corrected chi connectivity index (χ3v) is 9.89. The maximum Gasteiger partial charge on any atom is 0.503 e. The SMILES string of the molecule is CCCC(C[Si](OC)(OC)OC)[Si](OC)(OC)OC. The second-order valence-electron chi connectivity index (χ2n) is 4.20. The zero-order valence-corrected chi connectivity index (χ0v) is 15.1. The summed E-state index contributed by atoms with van der Waals surface area (Å²) in [7, 11) is 4.28. The van der Waals surface area contributed by atoms with Crippen LogP contribution in [0.5, 0.6) is 0 Å². The van der Waals surface area contributed by atoms with E-state index in [4.69, 9.17) is 26.6 Å². The molecule has 6 nitrogen and oxygen atoms in total. The minimum absolute atomic E-state index is 0.0871. The van der Waals surface area contributed by atoms with Gasteiger partial charge in [0.15, 0.2) is 0 Å². The van der Waals surface area contributed by atoms with Crippen molar-refractivity contribution in [1.29, 1.82) is 0 Å². The molecule has 0 N–H and O–H groups in total. The first-order valence-electron chi connectivity index (χ1n) is 6.34. The van der Waals surface area contributed by atoms with Crippen LogP contribution in [0.25, 0.3) is 0 Å². The van der Waals surface area contributed by atoms with E-state index in [1.807, 2.05) is 0 Å². The summed E-state index contributed by atoms with van der Waals surface area (Å²) in [5.41, 5.74) is 0.0871. The van der Waals surface area contributed by atoms with Crippen LogP contribution < -0.4 is 0 Å². The summed E-state index contributed by atoms with van der Waals surface area (Å²) in [5, 5.41) is 0. The summed E-state index contributed by atoms with van der Waals surface area (Å²) in [4.78, 5) is 0. The van der Waals surface area contributed by atoms with Crippen LogP contribution in [0.1, 0.15) is 19.8 Å². The first-order chi connectivity index (χ1) is 9.03. The Labute approximate surface area is 119 Å². The summed E-state index contributed by atoms with van der Waals surface area (Å²) >= 11 is 0. The van der Waals surface area contributed by atoms with Crippen molar-refractivity contribution in [1.82, 2.24) is 0 Å². The smallest absolute Gasteiger partial charge is 0.377 e. The molecular weight excluding hydrogens is 284 g/mol. The first kappa shape index (κ1) is 19.2. The van der Waals surface area contributed by atoms with Gasteiger partial charge in [0.05, 0.1) is 0 Å². The molecule has 8 heteroatoms. The highest BCUT2D eigenvalue weighted by Gasteiger charge is 2.53. The average molecular weight is 313 g/mol. The van der Waals surface area contributed by atoms with E-state index >= 15 is 0 Å². The lowest BCUT2D eigenvalue weighted by atomic mass is 10.3. The number of rotatable bonds is 11. The highest BCUT2D eigenvalue weighted by atomic mass is 28.4. The molecule has 0 heterocycles. The van der Waals surface area contributed by atoms with E-state index in [-0.39, 0.29) is 5.54 Å². The van der Waals surface area contributed by atoms with Crippen molar-refractivity contribution < 1.29 is 26.6 Å². The molecule has 0 aliphatic rings. The predicted octanol–water partition coefficient (Wildman–Crippen LogP) is 1.91. The van der Waals surface area contributed by atoms with E-state index in [0.717, 1.165) is 12.8 Å². The highest BCUT2D eigenvalue weighted by Crippen LogP contribution is 2.37. The molecule has 0 aliphatic heterocycles. The molecule has 1 atom stereocenters. The molecule has 0 saturated heterocycles. The van der Waals surface area contributed by atoms with E-state index in [1.165, 1.54) is 0 Å². The Morgan fingerprint density at radius 2 is 1.16 bits per heavy atom. The fraction of sp³-hybridized carbons (Fsp3) is 1.00. The Morgan fingerprint density at radius 3 is 1.42 bits per heavy atom. The molecule has 0 aliphatic carbocycles. The standard InChI is InChI=1S/C11H28O6Si2/c1-8-9-11(19(15-5,16-6)17-7)10-18(12-2,13-3)14-4/h11H,8-10H2,1-7H3. The Morgan fingerprint density at radius 1 is 0.737 bits per heavy atom. The van der Waals surface area contributed by atoms with Crippen LogP contribution in [0, 0.1) is 0 Å². The second-order valence-corrected chi connectivity index (χ2v) is 10.4. The second kappa shape index (κ2) is 9.19. The van der Waals surface area contributed by atoms with Gasteiger partial charge in [0.2, 0.25) is 0 Å². The third kappa shape index (κ3) is 4.60. The molecule has 0 amide bonds. The van der Waals surface area contributed by atoms with Crippen LogP contribution in [-0.2, 0) is 26.6 Å². The molecule has 0 rings (SSSR count). The maximum atomic E-state index is 5.58. The fourth-order valence-corrected chi connectivity index (χ4v) is 8.00. The van der Waals surface area contributed by atoms with Crippen molar-refractivity contribution >= 4 is 17.6 Å². The van der Waals surface area contributed by atoms with Gasteiger partial charge in [-0.1, -0.05) is 13.3 Å². The average Bonchev–Trinajstić information content (AvgIpc) is 2.47. The van der Waals surface area contributed by atoms with Crippen molar-refractivity contribution in [2.45, 2.75) is 31.4 Å². The topological polar surface area (TPSA) is 55.4 Å². The Bertz CT molecular complexity index is 217. The van der Waals surface area contributed by atoms with E-state index in [9.17, 15) is 0 Å². The molecular formula is C11H28O6Si2. The molecule has 0 aromatic rings. The van der Waals surface area contributed by atoms with Crippen LogP contribution in [0.4, 0.5) is 0 Å². The quantitative estimate of drug-likeness (QED) is 0.543. The summed E-state index contributed by atoms with van der Waals surface area (Å²) in [6, 6.07) is 0.617. The molecule has 1 unspecified atom stereocenters. The van der Waals surface area contributed by atoms with Crippen molar-refractivity contribution in [3.05, 3.63) is 0 Å². The van der Waals surface area contributed by atoms with Crippen molar-refractivity contribution in [2.75, 3.05) is 42.7 Å². The minimum Gasteiger partial charge on any atom is -0.377 e. The third-order valence-electron chi connectivity index (χ3n) is 3.42. The zero-order valence-electron chi connectivity index (χ0n) is 13.1. The summed E-state index contributed by atoms with van der Waals surface area (Å²) in [6.45, 7) is 2.11. The van der Waals surface area contributed by atoms with Gasteiger partial charge >= 0.3 is 17.6 Å². The van der Waals surface area contributed by atoms with Crippen LogP contribution in [-0.4, -0.2) is 60.3 Å². The van der Waals surface area contributed by atoms with Crippen LogP contribution in [0.2, 0.25) is 11.6 Å². The van der Waals surface area contributed by atoms with Gasteiger partial charge in [-0.15, -0.1) is 0 Å². The predicted molar refractivity (Wildman–Crippen MR) is 77.0 cm³/mol. The molecule has 0 fully saturated rings. The van der Waals surface area contributed by atoms with Gasteiger partial charge in [0.25, 0.3) is 0 Å². The number of hydrogen-bond acceptors (Lipinski definition) is 6. The lowest BCUT2D eigenvalue weighted by Crippen LogP contribution is -2.53. The summed E-state index contributed by atoms with van der Waals surface area (Å²) in [6.07, 6.45) is 1.91. The number of hydrogen-bond donors (Lipinski definition) is 0. The van der Waals surface area contributed by atoms with E-state index in [0.29, 0.717) is 6.04 Å². The van der Waals surface area contributed by atoms with Gasteiger partial charge in [0.1, 0.15) is 0 Å². The van der Waals surface area contributed by atoms with Crippen molar-refractivity contribution in [3.8, 4) is 0 Å². The molecule has 0 spiro atoms. The molecule has 0 saturated carbocycles. The minimum atomic E-state index is -2.73. The van der Waals surface area contributed by atoms with Crippen LogP contribution >= 0.6 is 0 Å². The van der Waals surface area contributed by atoms with Crippen molar-refractivity contribution in [3.63, 3.8) is 0 Å². The Balaban J connectivity index is 5.18. The lowest BCUT2D eigenvalue weighted by molar-refractivity contribution is 0.0960. The van der Waals surface area contributed by atoms with Gasteiger partial charge in [-0.3, -0.25) is 0 Å². The van der Waals surface area contributed by atoms with Crippen LogP contribution in [0.3, 0.4) is 0 Å². The van der Waals surface area contributed by atoms with E-state index < -0.39 is 17.6 Å². The lowest BCUT2D eigenvalue weighted by Gasteiger charge is -2.36. The monoisotopic (exact) mass is 312 g/mol. The highest BCUT2D eigenvalue weighted by molar-refractivity contribution is 6.67. The van der Waals surface area contributed by atoms with Crippen LogP contribution in [0.15, 0.2) is 0 Å². The van der Waals surface area contributed by atoms with E-state index in [2.05, 4.69) is 6.92 Å². The Hall–Kier alpha value is 0.194. The molecule has 0 radical (unpaired) electrons. The van der Waals surface area contributed by atoms with Gasteiger partial charge in [-0.25, -0.2) is 0 Å². The molecule has 0 bridgehead atoms. The largest absolute Gasteiger partial charge is 0.503 e. The van der Waals surface area contributed by atoms with Gasteiger partial charge < -0.3 is 26.6 Å². The van der Waals surface area contributed by atoms with Gasteiger partial charge in [-0.05, 0) is 6.42 Å². The van der Waals surface area contributed by atoms with E-state index in [1.54, 1.807) is 42.7 Å². The van der Waals surface area contributed by atoms with Gasteiger partial charge in [0, 0.05) is 54.2 Å². The molecule has 0 aromatic carbocycles. The zero-order chi connectivity index (χ0) is 14.9. The molecule has 116 valence electrons. The first-order valence-corrected chi connectivity index (χ1v) is 10.1. The maximum absolute atomic E-state index is 5.58. The fourth-order valence-electron chi connectivity index (χ4n) is 2.30.